The molecule has 0 amide bonds. The van der Waals surface area contributed by atoms with Crippen LogP contribution in [0.4, 0.5) is 0 Å². The van der Waals surface area contributed by atoms with Crippen molar-refractivity contribution in [2.75, 3.05) is 14.2 Å². The predicted molar refractivity (Wildman–Crippen MR) is 66.2 cm³/mol. The van der Waals surface area contributed by atoms with Crippen molar-refractivity contribution >= 4 is 11.8 Å². The van der Waals surface area contributed by atoms with Crippen LogP contribution in [0.1, 0.15) is 33.6 Å². The van der Waals surface area contributed by atoms with E-state index in [2.05, 4.69) is 30.8 Å². The van der Waals surface area contributed by atoms with Gasteiger partial charge in [-0.05, 0) is 12.3 Å². The second kappa shape index (κ2) is 5.87. The van der Waals surface area contributed by atoms with E-state index in [1.54, 1.807) is 14.2 Å². The average molecular weight is 226 g/mol. The summed E-state index contributed by atoms with van der Waals surface area (Å²) in [6.07, 6.45) is 2.00. The van der Waals surface area contributed by atoms with Gasteiger partial charge in [0.2, 0.25) is 11.8 Å². The summed E-state index contributed by atoms with van der Waals surface area (Å²) < 4.78 is 10.6. The molecule has 1 heterocycles. The molecule has 0 bridgehead atoms. The van der Waals surface area contributed by atoms with Crippen LogP contribution in [-0.4, -0.2) is 38.1 Å². The van der Waals surface area contributed by atoms with Crippen LogP contribution in [0.15, 0.2) is 9.98 Å². The van der Waals surface area contributed by atoms with E-state index in [0.717, 1.165) is 24.6 Å². The van der Waals surface area contributed by atoms with Gasteiger partial charge in [0.25, 0.3) is 0 Å². The Hall–Kier alpha value is -1.06. The van der Waals surface area contributed by atoms with E-state index in [0.29, 0.717) is 5.92 Å². The highest BCUT2D eigenvalue weighted by molar-refractivity contribution is 5.94. The van der Waals surface area contributed by atoms with E-state index in [4.69, 9.17) is 9.47 Å². The van der Waals surface area contributed by atoms with Gasteiger partial charge >= 0.3 is 0 Å². The molecule has 1 rings (SSSR count). The number of hydrogen-bond acceptors (Lipinski definition) is 4. The van der Waals surface area contributed by atoms with Gasteiger partial charge < -0.3 is 9.47 Å². The van der Waals surface area contributed by atoms with Crippen molar-refractivity contribution in [3.8, 4) is 0 Å². The summed E-state index contributed by atoms with van der Waals surface area (Å²) in [5.74, 6) is 1.84. The van der Waals surface area contributed by atoms with Crippen LogP contribution in [0.2, 0.25) is 0 Å². The van der Waals surface area contributed by atoms with E-state index in [9.17, 15) is 0 Å². The first kappa shape index (κ1) is 13.0. The fourth-order valence-corrected chi connectivity index (χ4v) is 1.82. The first-order valence-corrected chi connectivity index (χ1v) is 5.87. The van der Waals surface area contributed by atoms with Gasteiger partial charge in [0, 0.05) is 0 Å². The minimum atomic E-state index is -0.00643. The number of methoxy groups -OCH3 is 2. The summed E-state index contributed by atoms with van der Waals surface area (Å²) in [7, 11) is 3.32. The lowest BCUT2D eigenvalue weighted by Crippen LogP contribution is -2.37. The molecule has 0 radical (unpaired) electrons. The summed E-state index contributed by atoms with van der Waals surface area (Å²) >= 11 is 0. The lowest BCUT2D eigenvalue weighted by atomic mass is 10.0. The van der Waals surface area contributed by atoms with Gasteiger partial charge in [0.1, 0.15) is 12.1 Å². The van der Waals surface area contributed by atoms with Crippen molar-refractivity contribution in [3.63, 3.8) is 0 Å². The molecule has 16 heavy (non-hydrogen) atoms. The minimum absolute atomic E-state index is 0.00643. The first-order valence-electron chi connectivity index (χ1n) is 5.87. The SMILES string of the molecule is CCCC1N=C(OC)[C@@H](C(C)C)N=C1OC. The van der Waals surface area contributed by atoms with Crippen LogP contribution in [0.5, 0.6) is 0 Å². The summed E-state index contributed by atoms with van der Waals surface area (Å²) in [6, 6.07) is 0.0213. The maximum Gasteiger partial charge on any atom is 0.209 e. The van der Waals surface area contributed by atoms with E-state index in [1.165, 1.54) is 0 Å². The fraction of sp³-hybridized carbons (Fsp3) is 0.833. The van der Waals surface area contributed by atoms with Gasteiger partial charge in [-0.1, -0.05) is 27.2 Å². The zero-order chi connectivity index (χ0) is 12.1. The van der Waals surface area contributed by atoms with Crippen molar-refractivity contribution in [2.45, 2.75) is 45.7 Å². The van der Waals surface area contributed by atoms with E-state index >= 15 is 0 Å². The molecule has 0 N–H and O–H groups in total. The predicted octanol–water partition coefficient (Wildman–Crippen LogP) is 2.28. The zero-order valence-corrected chi connectivity index (χ0v) is 10.9. The van der Waals surface area contributed by atoms with Gasteiger partial charge in [0.15, 0.2) is 0 Å². The molecule has 4 heteroatoms. The molecule has 1 aliphatic heterocycles. The molecule has 0 fully saturated rings. The maximum absolute atomic E-state index is 5.32. The molecular formula is C12H22N2O2. The van der Waals surface area contributed by atoms with Crippen LogP contribution >= 0.6 is 0 Å². The molecule has 0 saturated heterocycles. The van der Waals surface area contributed by atoms with Crippen molar-refractivity contribution in [2.24, 2.45) is 15.9 Å². The zero-order valence-electron chi connectivity index (χ0n) is 10.9. The Morgan fingerprint density at radius 1 is 1.12 bits per heavy atom. The molecular weight excluding hydrogens is 204 g/mol. The molecule has 0 aliphatic carbocycles. The largest absolute Gasteiger partial charge is 0.483 e. The smallest absolute Gasteiger partial charge is 0.209 e. The van der Waals surface area contributed by atoms with Gasteiger partial charge in [0.05, 0.1) is 14.2 Å². The molecule has 2 atom stereocenters. The molecule has 0 saturated carbocycles. The summed E-state index contributed by atoms with van der Waals surface area (Å²) in [4.78, 5) is 9.17. The molecule has 92 valence electrons. The molecule has 0 spiro atoms. The summed E-state index contributed by atoms with van der Waals surface area (Å²) in [5.41, 5.74) is 0. The normalized spacial score (nSPS) is 25.1. The van der Waals surface area contributed by atoms with Crippen molar-refractivity contribution in [3.05, 3.63) is 0 Å². The van der Waals surface area contributed by atoms with Crippen LogP contribution in [0, 0.1) is 5.92 Å². The minimum Gasteiger partial charge on any atom is -0.483 e. The highest BCUT2D eigenvalue weighted by atomic mass is 16.5. The number of hydrogen-bond donors (Lipinski definition) is 0. The Bertz CT molecular complexity index is 285. The van der Waals surface area contributed by atoms with E-state index < -0.39 is 0 Å². The molecule has 0 aromatic heterocycles. The number of aliphatic imine (C=N–C) groups is 2. The molecule has 0 aromatic carbocycles. The molecule has 4 nitrogen and oxygen atoms in total. The highest BCUT2D eigenvalue weighted by Gasteiger charge is 2.30. The van der Waals surface area contributed by atoms with Crippen LogP contribution < -0.4 is 0 Å². The number of ether oxygens (including phenoxy) is 2. The second-order valence-electron chi connectivity index (χ2n) is 4.34. The third-order valence-corrected chi connectivity index (χ3v) is 2.70. The Morgan fingerprint density at radius 2 is 1.75 bits per heavy atom. The van der Waals surface area contributed by atoms with Crippen LogP contribution in [0.25, 0.3) is 0 Å². The quantitative estimate of drug-likeness (QED) is 0.741. The second-order valence-corrected chi connectivity index (χ2v) is 4.34. The third kappa shape index (κ3) is 2.74. The first-order chi connectivity index (χ1) is 7.63. The van der Waals surface area contributed by atoms with Crippen molar-refractivity contribution in [1.29, 1.82) is 0 Å². The molecule has 1 aliphatic rings. The maximum atomic E-state index is 5.32. The Balaban J connectivity index is 2.92. The van der Waals surface area contributed by atoms with E-state index in [1.807, 2.05) is 0 Å². The van der Waals surface area contributed by atoms with Gasteiger partial charge in [-0.3, -0.25) is 0 Å². The fourth-order valence-electron chi connectivity index (χ4n) is 1.82. The number of rotatable bonds is 3. The summed E-state index contributed by atoms with van der Waals surface area (Å²) in [5, 5.41) is 0. The Labute approximate surface area is 97.8 Å². The summed E-state index contributed by atoms with van der Waals surface area (Å²) in [6.45, 7) is 6.34. The number of nitrogens with zero attached hydrogens (tertiary/aromatic N) is 2. The molecule has 1 unspecified atom stereocenters. The topological polar surface area (TPSA) is 43.2 Å². The Kier molecular flexibility index (Phi) is 4.77. The van der Waals surface area contributed by atoms with Gasteiger partial charge in [-0.15, -0.1) is 0 Å². The lowest BCUT2D eigenvalue weighted by molar-refractivity contribution is 0.330. The average Bonchev–Trinajstić information content (AvgIpc) is 2.28. The van der Waals surface area contributed by atoms with Gasteiger partial charge in [-0.25, -0.2) is 9.98 Å². The Morgan fingerprint density at radius 3 is 2.19 bits per heavy atom. The van der Waals surface area contributed by atoms with Gasteiger partial charge in [-0.2, -0.15) is 0 Å². The highest BCUT2D eigenvalue weighted by Crippen LogP contribution is 2.19. The lowest BCUT2D eigenvalue weighted by Gasteiger charge is -2.26. The van der Waals surface area contributed by atoms with Crippen molar-refractivity contribution < 1.29 is 9.47 Å². The van der Waals surface area contributed by atoms with Crippen LogP contribution in [0.3, 0.4) is 0 Å². The molecule has 0 aromatic rings. The standard InChI is InChI=1S/C12H22N2O2/c1-6-7-9-11(15-4)14-10(8(2)3)12(13-9)16-5/h8-10H,6-7H2,1-5H3/t9?,10-/m1/s1. The van der Waals surface area contributed by atoms with Crippen molar-refractivity contribution in [1.82, 2.24) is 0 Å². The van der Waals surface area contributed by atoms with Crippen LogP contribution in [-0.2, 0) is 9.47 Å². The van der Waals surface area contributed by atoms with E-state index in [-0.39, 0.29) is 12.1 Å². The third-order valence-electron chi connectivity index (χ3n) is 2.70. The monoisotopic (exact) mass is 226 g/mol.